The Morgan fingerprint density at radius 1 is 1.14 bits per heavy atom. The summed E-state index contributed by atoms with van der Waals surface area (Å²) in [5, 5.41) is 2.61. The molecule has 0 saturated heterocycles. The molecule has 0 spiro atoms. The summed E-state index contributed by atoms with van der Waals surface area (Å²) >= 11 is 0. The maximum absolute atomic E-state index is 12.1. The van der Waals surface area contributed by atoms with Crippen LogP contribution in [0.4, 0.5) is 5.69 Å². The van der Waals surface area contributed by atoms with Gasteiger partial charge in [0.2, 0.25) is 5.91 Å². The monoisotopic (exact) mass is 307 g/mol. The van der Waals surface area contributed by atoms with Gasteiger partial charge in [-0.15, -0.1) is 0 Å². The van der Waals surface area contributed by atoms with E-state index in [2.05, 4.69) is 5.32 Å². The van der Waals surface area contributed by atoms with Crippen LogP contribution in [0.5, 0.6) is 0 Å². The smallest absolute Gasteiger partial charge is 0.239 e. The van der Waals surface area contributed by atoms with E-state index in [1.807, 2.05) is 19.9 Å². The lowest BCUT2D eigenvalue weighted by Crippen LogP contribution is -2.23. The maximum Gasteiger partial charge on any atom is 0.239 e. The highest BCUT2D eigenvalue weighted by atomic mass is 32.2. The fraction of sp³-hybridized carbons (Fsp3) is 0.267. The molecule has 6 heteroatoms. The molecule has 21 heavy (non-hydrogen) atoms. The molecule has 112 valence electrons. The zero-order valence-electron chi connectivity index (χ0n) is 12.1. The van der Waals surface area contributed by atoms with Crippen molar-refractivity contribution in [1.82, 2.24) is 0 Å². The van der Waals surface area contributed by atoms with Gasteiger partial charge in [-0.25, -0.2) is 8.42 Å². The molecule has 2 rings (SSSR count). The molecule has 1 aromatic heterocycles. The molecule has 1 aromatic carbocycles. The fourth-order valence-corrected chi connectivity index (χ4v) is 3.51. The number of aryl methyl sites for hydroxylation is 3. The highest BCUT2D eigenvalue weighted by Crippen LogP contribution is 2.18. The van der Waals surface area contributed by atoms with Crippen LogP contribution >= 0.6 is 0 Å². The molecule has 5 nitrogen and oxygen atoms in total. The van der Waals surface area contributed by atoms with Crippen molar-refractivity contribution in [2.45, 2.75) is 25.7 Å². The van der Waals surface area contributed by atoms with Crippen molar-refractivity contribution in [3.63, 3.8) is 0 Å². The van der Waals surface area contributed by atoms with Crippen LogP contribution in [-0.2, 0) is 14.6 Å². The van der Waals surface area contributed by atoms with Gasteiger partial charge in [0.25, 0.3) is 0 Å². The summed E-state index contributed by atoms with van der Waals surface area (Å²) in [6.07, 6.45) is 1.30. The molecule has 0 unspecified atom stereocenters. The Morgan fingerprint density at radius 2 is 1.76 bits per heavy atom. The number of hydrogen-bond acceptors (Lipinski definition) is 4. The van der Waals surface area contributed by atoms with Gasteiger partial charge in [0.1, 0.15) is 16.4 Å². The Hall–Kier alpha value is -2.08. The zero-order chi connectivity index (χ0) is 15.6. The summed E-state index contributed by atoms with van der Waals surface area (Å²) in [5.74, 6) is -0.893. The topological polar surface area (TPSA) is 76.4 Å². The average Bonchev–Trinajstić information content (AvgIpc) is 2.73. The second kappa shape index (κ2) is 5.73. The third kappa shape index (κ3) is 3.72. The van der Waals surface area contributed by atoms with Gasteiger partial charge in [-0.2, -0.15) is 0 Å². The molecule has 0 fully saturated rings. The van der Waals surface area contributed by atoms with Gasteiger partial charge < -0.3 is 9.73 Å². The molecule has 0 radical (unpaired) electrons. The van der Waals surface area contributed by atoms with E-state index in [4.69, 9.17) is 4.42 Å². The van der Waals surface area contributed by atoms with Crippen LogP contribution < -0.4 is 5.32 Å². The van der Waals surface area contributed by atoms with Gasteiger partial charge in [0.15, 0.2) is 9.84 Å². The van der Waals surface area contributed by atoms with E-state index in [9.17, 15) is 13.2 Å². The van der Waals surface area contributed by atoms with Gasteiger partial charge in [-0.3, -0.25) is 4.79 Å². The Morgan fingerprint density at radius 3 is 2.29 bits per heavy atom. The zero-order valence-corrected chi connectivity index (χ0v) is 13.0. The summed E-state index contributed by atoms with van der Waals surface area (Å²) in [5.41, 5.74) is 2.59. The first-order chi connectivity index (χ1) is 9.78. The standard InChI is InChI=1S/C15H17NO4S/c1-10-6-11(2)8-13(7-10)16-15(17)9-21(18,19)14-4-5-20-12(14)3/h4-8H,9H2,1-3H3,(H,16,17). The van der Waals surface area contributed by atoms with E-state index in [0.29, 0.717) is 5.69 Å². The van der Waals surface area contributed by atoms with Crippen LogP contribution in [-0.4, -0.2) is 20.1 Å². The molecule has 0 atom stereocenters. The second-order valence-corrected chi connectivity index (χ2v) is 6.98. The minimum absolute atomic E-state index is 0.0538. The fourth-order valence-electron chi connectivity index (χ4n) is 2.19. The second-order valence-electron chi connectivity index (χ2n) is 5.02. The quantitative estimate of drug-likeness (QED) is 0.942. The first-order valence-electron chi connectivity index (χ1n) is 6.43. The van der Waals surface area contributed by atoms with Crippen molar-refractivity contribution < 1.29 is 17.6 Å². The summed E-state index contributed by atoms with van der Waals surface area (Å²) < 4.78 is 29.2. The average molecular weight is 307 g/mol. The van der Waals surface area contributed by atoms with Crippen molar-refractivity contribution in [3.05, 3.63) is 47.4 Å². The highest BCUT2D eigenvalue weighted by Gasteiger charge is 2.23. The number of carbonyl (C=O) groups is 1. The number of nitrogens with one attached hydrogen (secondary N) is 1. The molecule has 1 heterocycles. The molecular weight excluding hydrogens is 290 g/mol. The van der Waals surface area contributed by atoms with Gasteiger partial charge in [0.05, 0.1) is 6.26 Å². The first-order valence-corrected chi connectivity index (χ1v) is 8.08. The lowest BCUT2D eigenvalue weighted by atomic mass is 10.1. The third-order valence-corrected chi connectivity index (χ3v) is 4.71. The van der Waals surface area contributed by atoms with Crippen molar-refractivity contribution >= 4 is 21.4 Å². The maximum atomic E-state index is 12.1. The summed E-state index contributed by atoms with van der Waals surface area (Å²) in [6, 6.07) is 6.91. The van der Waals surface area contributed by atoms with Crippen LogP contribution in [0.3, 0.4) is 0 Å². The van der Waals surface area contributed by atoms with Crippen LogP contribution in [0.2, 0.25) is 0 Å². The Kier molecular flexibility index (Phi) is 4.18. The molecule has 0 aliphatic heterocycles. The van der Waals surface area contributed by atoms with Crippen molar-refractivity contribution in [1.29, 1.82) is 0 Å². The Bertz CT molecular complexity index is 754. The van der Waals surface area contributed by atoms with Crippen LogP contribution in [0.25, 0.3) is 0 Å². The predicted molar refractivity (Wildman–Crippen MR) is 80.0 cm³/mol. The number of hydrogen-bond donors (Lipinski definition) is 1. The van der Waals surface area contributed by atoms with E-state index < -0.39 is 21.5 Å². The van der Waals surface area contributed by atoms with Crippen molar-refractivity contribution in [2.75, 3.05) is 11.1 Å². The van der Waals surface area contributed by atoms with E-state index >= 15 is 0 Å². The van der Waals surface area contributed by atoms with E-state index in [0.717, 1.165) is 11.1 Å². The summed E-state index contributed by atoms with van der Waals surface area (Å²) in [7, 11) is -3.69. The summed E-state index contributed by atoms with van der Waals surface area (Å²) in [4.78, 5) is 12.0. The molecule has 2 aromatic rings. The van der Waals surface area contributed by atoms with Crippen molar-refractivity contribution in [3.8, 4) is 0 Å². The molecule has 0 aliphatic carbocycles. The van der Waals surface area contributed by atoms with E-state index in [1.165, 1.54) is 12.3 Å². The minimum atomic E-state index is -3.69. The lowest BCUT2D eigenvalue weighted by molar-refractivity contribution is -0.113. The van der Waals surface area contributed by atoms with Crippen LogP contribution in [0.15, 0.2) is 39.8 Å². The lowest BCUT2D eigenvalue weighted by Gasteiger charge is -2.08. The predicted octanol–water partition coefficient (Wildman–Crippen LogP) is 2.62. The molecule has 0 aliphatic rings. The normalized spacial score (nSPS) is 11.4. The van der Waals surface area contributed by atoms with Gasteiger partial charge in [0, 0.05) is 5.69 Å². The minimum Gasteiger partial charge on any atom is -0.468 e. The Labute approximate surface area is 123 Å². The number of rotatable bonds is 4. The van der Waals surface area contributed by atoms with Crippen LogP contribution in [0.1, 0.15) is 16.9 Å². The third-order valence-electron chi connectivity index (χ3n) is 2.97. The van der Waals surface area contributed by atoms with E-state index in [-0.39, 0.29) is 10.7 Å². The van der Waals surface area contributed by atoms with E-state index in [1.54, 1.807) is 19.1 Å². The number of sulfone groups is 1. The molecular formula is C15H17NO4S. The highest BCUT2D eigenvalue weighted by molar-refractivity contribution is 7.92. The number of furan rings is 1. The summed E-state index contributed by atoms with van der Waals surface area (Å²) in [6.45, 7) is 5.37. The van der Waals surface area contributed by atoms with Gasteiger partial charge >= 0.3 is 0 Å². The first kappa shape index (κ1) is 15.3. The number of benzene rings is 1. The number of anilines is 1. The number of carbonyl (C=O) groups excluding carboxylic acids is 1. The molecule has 0 bridgehead atoms. The molecule has 1 amide bonds. The van der Waals surface area contributed by atoms with Crippen molar-refractivity contribution in [2.24, 2.45) is 0 Å². The van der Waals surface area contributed by atoms with Gasteiger partial charge in [-0.05, 0) is 50.1 Å². The Balaban J connectivity index is 2.13. The largest absolute Gasteiger partial charge is 0.468 e. The van der Waals surface area contributed by atoms with Crippen LogP contribution in [0, 0.1) is 20.8 Å². The molecule has 0 saturated carbocycles. The van der Waals surface area contributed by atoms with Gasteiger partial charge in [-0.1, -0.05) is 6.07 Å². The SMILES string of the molecule is Cc1cc(C)cc(NC(=O)CS(=O)(=O)c2ccoc2C)c1. The molecule has 1 N–H and O–H groups in total. The number of amides is 1.